The van der Waals surface area contributed by atoms with Crippen molar-refractivity contribution in [3.8, 4) is 0 Å². The molecule has 0 aromatic heterocycles. The van der Waals surface area contributed by atoms with Crippen molar-refractivity contribution in [3.05, 3.63) is 11.8 Å². The number of nitrogens with one attached hydrogen (secondary N) is 1. The number of β-amino-alcohol motifs (C(OH)–C–C–N with tert-alkyl or cyclic N) is 1. The lowest BCUT2D eigenvalue weighted by Gasteiger charge is -1.94. The summed E-state index contributed by atoms with van der Waals surface area (Å²) in [5.74, 6) is -1.02. The smallest absolute Gasteiger partial charge is 0.351 e. The molecular weight excluding hydrogens is 122 g/mol. The molecule has 50 valence electrons. The number of hydrogen-bond donors (Lipinski definition) is 3. The fourth-order valence-electron chi connectivity index (χ4n) is 0.672. The van der Waals surface area contributed by atoms with Crippen molar-refractivity contribution in [2.24, 2.45) is 0 Å². The van der Waals surface area contributed by atoms with E-state index in [-0.39, 0.29) is 5.70 Å². The van der Waals surface area contributed by atoms with Crippen LogP contribution in [0.25, 0.3) is 0 Å². The van der Waals surface area contributed by atoms with E-state index in [1.807, 2.05) is 0 Å². The summed E-state index contributed by atoms with van der Waals surface area (Å²) in [4.78, 5) is 10.1. The van der Waals surface area contributed by atoms with Gasteiger partial charge in [0.2, 0.25) is 0 Å². The lowest BCUT2D eigenvalue weighted by atomic mass is 10.3. The molecule has 0 bridgehead atoms. The van der Waals surface area contributed by atoms with E-state index < -0.39 is 12.1 Å². The second kappa shape index (κ2) is 2.06. The maximum absolute atomic E-state index is 10.1. The maximum atomic E-state index is 10.1. The topological polar surface area (TPSA) is 69.6 Å². The number of aliphatic hydroxyl groups is 1. The van der Waals surface area contributed by atoms with Crippen LogP contribution in [-0.2, 0) is 4.79 Å². The summed E-state index contributed by atoms with van der Waals surface area (Å²) in [6.45, 7) is 0.307. The minimum atomic E-state index is -1.02. The van der Waals surface area contributed by atoms with Crippen molar-refractivity contribution in [2.45, 2.75) is 6.10 Å². The van der Waals surface area contributed by atoms with E-state index in [2.05, 4.69) is 5.32 Å². The number of rotatable bonds is 1. The van der Waals surface area contributed by atoms with E-state index in [0.717, 1.165) is 0 Å². The van der Waals surface area contributed by atoms with Gasteiger partial charge in [-0.2, -0.15) is 0 Å². The maximum Gasteiger partial charge on any atom is 0.351 e. The van der Waals surface area contributed by atoms with Gasteiger partial charge in [-0.1, -0.05) is 0 Å². The van der Waals surface area contributed by atoms with Crippen LogP contribution in [0.1, 0.15) is 0 Å². The molecule has 0 unspecified atom stereocenters. The quantitative estimate of drug-likeness (QED) is 0.421. The van der Waals surface area contributed by atoms with Crippen LogP contribution in [0.3, 0.4) is 0 Å². The molecule has 0 radical (unpaired) electrons. The van der Waals surface area contributed by atoms with Crippen molar-refractivity contribution in [2.75, 3.05) is 6.54 Å². The van der Waals surface area contributed by atoms with E-state index in [4.69, 9.17) is 10.2 Å². The van der Waals surface area contributed by atoms with Crippen molar-refractivity contribution in [3.63, 3.8) is 0 Å². The SMILES string of the molecule is O=C(O)C1=C[C@H](O)CN1. The predicted molar refractivity (Wildman–Crippen MR) is 29.7 cm³/mol. The Morgan fingerprint density at radius 3 is 2.78 bits per heavy atom. The van der Waals surface area contributed by atoms with Crippen LogP contribution in [0.4, 0.5) is 0 Å². The molecule has 4 heteroatoms. The minimum absolute atomic E-state index is 0.0856. The van der Waals surface area contributed by atoms with Crippen molar-refractivity contribution < 1.29 is 15.0 Å². The minimum Gasteiger partial charge on any atom is -0.477 e. The van der Waals surface area contributed by atoms with E-state index in [1.54, 1.807) is 0 Å². The second-order valence-corrected chi connectivity index (χ2v) is 1.83. The number of hydrogen-bond acceptors (Lipinski definition) is 3. The molecule has 0 spiro atoms. The van der Waals surface area contributed by atoms with Gasteiger partial charge in [0.15, 0.2) is 0 Å². The van der Waals surface area contributed by atoms with Gasteiger partial charge in [0, 0.05) is 6.54 Å². The summed E-state index contributed by atoms with van der Waals surface area (Å²) in [7, 11) is 0. The number of aliphatic hydroxyl groups excluding tert-OH is 1. The number of carboxylic acids is 1. The largest absolute Gasteiger partial charge is 0.477 e. The van der Waals surface area contributed by atoms with Gasteiger partial charge in [-0.15, -0.1) is 0 Å². The van der Waals surface area contributed by atoms with Crippen LogP contribution < -0.4 is 5.32 Å². The molecule has 0 saturated carbocycles. The molecule has 1 rings (SSSR count). The second-order valence-electron chi connectivity index (χ2n) is 1.83. The lowest BCUT2D eigenvalue weighted by Crippen LogP contribution is -2.18. The Balaban J connectivity index is 2.62. The molecule has 3 N–H and O–H groups in total. The lowest BCUT2D eigenvalue weighted by molar-refractivity contribution is -0.132. The van der Waals surface area contributed by atoms with Crippen LogP contribution in [0.15, 0.2) is 11.8 Å². The first-order valence-electron chi connectivity index (χ1n) is 2.57. The van der Waals surface area contributed by atoms with Gasteiger partial charge in [0.25, 0.3) is 0 Å². The monoisotopic (exact) mass is 129 g/mol. The molecule has 0 amide bonds. The highest BCUT2D eigenvalue weighted by Gasteiger charge is 2.16. The summed E-state index contributed by atoms with van der Waals surface area (Å²) in [5, 5.41) is 19.6. The van der Waals surface area contributed by atoms with Gasteiger partial charge in [-0.05, 0) is 6.08 Å². The van der Waals surface area contributed by atoms with Crippen LogP contribution in [-0.4, -0.2) is 28.8 Å². The van der Waals surface area contributed by atoms with Gasteiger partial charge in [-0.25, -0.2) is 4.79 Å². The molecule has 1 aliphatic rings. The average molecular weight is 129 g/mol. The van der Waals surface area contributed by atoms with Crippen molar-refractivity contribution in [1.82, 2.24) is 5.32 Å². The van der Waals surface area contributed by atoms with Crippen LogP contribution in [0.5, 0.6) is 0 Å². The van der Waals surface area contributed by atoms with Gasteiger partial charge in [0.05, 0.1) is 6.10 Å². The summed E-state index contributed by atoms with van der Waals surface area (Å²) < 4.78 is 0. The van der Waals surface area contributed by atoms with Crippen LogP contribution in [0, 0.1) is 0 Å². The molecule has 1 atom stereocenters. The highest BCUT2D eigenvalue weighted by atomic mass is 16.4. The highest BCUT2D eigenvalue weighted by molar-refractivity contribution is 5.86. The summed E-state index contributed by atoms with van der Waals surface area (Å²) in [6.07, 6.45) is 0.638. The molecule has 4 nitrogen and oxygen atoms in total. The first-order valence-corrected chi connectivity index (χ1v) is 2.57. The van der Waals surface area contributed by atoms with Gasteiger partial charge < -0.3 is 15.5 Å². The molecule has 0 saturated heterocycles. The Hall–Kier alpha value is -1.03. The zero-order valence-electron chi connectivity index (χ0n) is 4.66. The van der Waals surface area contributed by atoms with Gasteiger partial charge >= 0.3 is 5.97 Å². The third-order valence-electron chi connectivity index (χ3n) is 1.09. The van der Waals surface area contributed by atoms with E-state index >= 15 is 0 Å². The molecule has 9 heavy (non-hydrogen) atoms. The van der Waals surface area contributed by atoms with Crippen LogP contribution >= 0.6 is 0 Å². The normalized spacial score (nSPS) is 25.0. The highest BCUT2D eigenvalue weighted by Crippen LogP contribution is 2.00. The van der Waals surface area contributed by atoms with Gasteiger partial charge in [0.1, 0.15) is 5.70 Å². The molecule has 1 heterocycles. The van der Waals surface area contributed by atoms with E-state index in [1.165, 1.54) is 6.08 Å². The summed E-state index contributed by atoms with van der Waals surface area (Å²) in [6, 6.07) is 0. The third kappa shape index (κ3) is 1.20. The number of carbonyl (C=O) groups is 1. The Morgan fingerprint density at radius 2 is 2.56 bits per heavy atom. The third-order valence-corrected chi connectivity index (χ3v) is 1.09. The molecule has 0 fully saturated rings. The first kappa shape index (κ1) is 6.10. The Kier molecular flexibility index (Phi) is 1.40. The first-order chi connectivity index (χ1) is 4.20. The zero-order valence-corrected chi connectivity index (χ0v) is 4.66. The fraction of sp³-hybridized carbons (Fsp3) is 0.400. The molecule has 0 aliphatic carbocycles. The fourth-order valence-corrected chi connectivity index (χ4v) is 0.672. The summed E-state index contributed by atoms with van der Waals surface area (Å²) >= 11 is 0. The Bertz CT molecular complexity index is 164. The zero-order chi connectivity index (χ0) is 6.85. The van der Waals surface area contributed by atoms with Gasteiger partial charge in [-0.3, -0.25) is 0 Å². The number of carboxylic acid groups (broad SMARTS) is 1. The van der Waals surface area contributed by atoms with Crippen molar-refractivity contribution >= 4 is 5.97 Å². The van der Waals surface area contributed by atoms with Crippen molar-refractivity contribution in [1.29, 1.82) is 0 Å². The number of aliphatic carboxylic acids is 1. The van der Waals surface area contributed by atoms with Crippen LogP contribution in [0.2, 0.25) is 0 Å². The molecule has 1 aliphatic heterocycles. The van der Waals surface area contributed by atoms with E-state index in [9.17, 15) is 4.79 Å². The average Bonchev–Trinajstić information content (AvgIpc) is 2.14. The predicted octanol–water partition coefficient (Wildman–Crippen LogP) is -1.08. The standard InChI is InChI=1S/C5H7NO3/c7-3-1-4(5(8)9)6-2-3/h1,3,6-7H,2H2,(H,8,9)/t3-/m0/s1. The summed E-state index contributed by atoms with van der Waals surface area (Å²) in [5.41, 5.74) is 0.0856. The van der Waals surface area contributed by atoms with E-state index in [0.29, 0.717) is 6.54 Å². The molecule has 0 aromatic carbocycles. The Morgan fingerprint density at radius 1 is 1.89 bits per heavy atom. The molecule has 0 aromatic rings. The Labute approximate surface area is 51.8 Å². The molecular formula is C5H7NO3.